The van der Waals surface area contributed by atoms with Crippen LogP contribution >= 0.6 is 0 Å². The molecule has 0 aliphatic heterocycles. The minimum absolute atomic E-state index is 0.0787. The van der Waals surface area contributed by atoms with Gasteiger partial charge in [0.1, 0.15) is 6.54 Å². The number of hydrogen-bond donors (Lipinski definition) is 2. The van der Waals surface area contributed by atoms with Crippen molar-refractivity contribution >= 4 is 16.8 Å². The maximum atomic E-state index is 11.9. The monoisotopic (exact) mass is 273 g/mol. The lowest BCUT2D eigenvalue weighted by molar-refractivity contribution is -0.121. The molecule has 1 aromatic heterocycles. The molecule has 20 heavy (non-hydrogen) atoms. The van der Waals surface area contributed by atoms with E-state index in [0.29, 0.717) is 6.54 Å². The van der Waals surface area contributed by atoms with Gasteiger partial charge in [-0.15, -0.1) is 0 Å². The molecule has 2 aromatic rings. The van der Waals surface area contributed by atoms with Crippen molar-refractivity contribution in [1.82, 2.24) is 15.2 Å². The van der Waals surface area contributed by atoms with E-state index < -0.39 is 0 Å². The Morgan fingerprint density at radius 1 is 1.30 bits per heavy atom. The van der Waals surface area contributed by atoms with Crippen LogP contribution in [0.2, 0.25) is 0 Å². The fourth-order valence-corrected chi connectivity index (χ4v) is 2.30. The topological polar surface area (TPSA) is 46.1 Å². The molecule has 1 amide bonds. The van der Waals surface area contributed by atoms with Crippen molar-refractivity contribution in [3.05, 3.63) is 36.0 Å². The first-order chi connectivity index (χ1) is 9.74. The van der Waals surface area contributed by atoms with Gasteiger partial charge in [0.15, 0.2) is 0 Å². The highest BCUT2D eigenvalue weighted by Crippen LogP contribution is 2.17. The molecular formula is C16H23N3O. The molecule has 0 atom stereocenters. The van der Waals surface area contributed by atoms with Crippen molar-refractivity contribution in [2.24, 2.45) is 0 Å². The zero-order valence-electron chi connectivity index (χ0n) is 12.3. The highest BCUT2D eigenvalue weighted by molar-refractivity contribution is 5.83. The van der Waals surface area contributed by atoms with Gasteiger partial charge in [0, 0.05) is 24.8 Å². The lowest BCUT2D eigenvalue weighted by Gasteiger charge is -2.08. The summed E-state index contributed by atoms with van der Waals surface area (Å²) in [5.41, 5.74) is 2.34. The third-order valence-corrected chi connectivity index (χ3v) is 3.39. The molecule has 1 aromatic carbocycles. The minimum atomic E-state index is 0.0787. The van der Waals surface area contributed by atoms with Gasteiger partial charge in [-0.1, -0.05) is 25.5 Å². The van der Waals surface area contributed by atoms with E-state index in [1.807, 2.05) is 17.8 Å². The lowest BCUT2D eigenvalue weighted by Crippen LogP contribution is -2.28. The molecule has 4 heteroatoms. The van der Waals surface area contributed by atoms with Crippen molar-refractivity contribution in [2.75, 3.05) is 13.6 Å². The maximum absolute atomic E-state index is 11.9. The fraction of sp³-hybridized carbons (Fsp3) is 0.438. The van der Waals surface area contributed by atoms with Crippen molar-refractivity contribution in [3.63, 3.8) is 0 Å². The molecule has 0 saturated carbocycles. The summed E-state index contributed by atoms with van der Waals surface area (Å²) in [5, 5.41) is 7.27. The van der Waals surface area contributed by atoms with E-state index >= 15 is 0 Å². The highest BCUT2D eigenvalue weighted by atomic mass is 16.1. The molecule has 0 aliphatic carbocycles. The predicted octanol–water partition coefficient (Wildman–Crippen LogP) is 2.28. The maximum Gasteiger partial charge on any atom is 0.239 e. The van der Waals surface area contributed by atoms with Gasteiger partial charge in [0.2, 0.25) is 5.91 Å². The Kier molecular flexibility index (Phi) is 5.18. The van der Waals surface area contributed by atoms with Crippen LogP contribution in [0.25, 0.3) is 10.9 Å². The second kappa shape index (κ2) is 7.10. The summed E-state index contributed by atoms with van der Waals surface area (Å²) in [4.78, 5) is 11.9. The molecule has 2 N–H and O–H groups in total. The van der Waals surface area contributed by atoms with Crippen LogP contribution in [0.4, 0.5) is 0 Å². The molecular weight excluding hydrogens is 250 g/mol. The van der Waals surface area contributed by atoms with Crippen LogP contribution in [-0.4, -0.2) is 24.1 Å². The number of amides is 1. The average molecular weight is 273 g/mol. The summed E-state index contributed by atoms with van der Waals surface area (Å²) in [6, 6.07) is 8.42. The molecule has 0 aliphatic rings. The van der Waals surface area contributed by atoms with Crippen LogP contribution in [0.5, 0.6) is 0 Å². The zero-order chi connectivity index (χ0) is 14.4. The van der Waals surface area contributed by atoms with Gasteiger partial charge >= 0.3 is 0 Å². The molecule has 0 bridgehead atoms. The first-order valence-electron chi connectivity index (χ1n) is 7.23. The fourth-order valence-electron chi connectivity index (χ4n) is 2.30. The number of carbonyl (C=O) groups is 1. The Bertz CT molecular complexity index is 574. The summed E-state index contributed by atoms with van der Waals surface area (Å²) in [7, 11) is 1.93. The number of rotatable bonds is 7. The van der Waals surface area contributed by atoms with E-state index in [9.17, 15) is 4.79 Å². The number of fused-ring (bicyclic) bond motifs is 1. The lowest BCUT2D eigenvalue weighted by atomic mass is 10.1. The molecule has 0 saturated heterocycles. The molecule has 0 fully saturated rings. The minimum Gasteiger partial charge on any atom is -0.355 e. The Labute approximate surface area is 120 Å². The van der Waals surface area contributed by atoms with Crippen LogP contribution in [-0.2, 0) is 17.9 Å². The molecule has 0 radical (unpaired) electrons. The number of aromatic nitrogens is 1. The first-order valence-corrected chi connectivity index (χ1v) is 7.23. The normalized spacial score (nSPS) is 10.9. The predicted molar refractivity (Wildman–Crippen MR) is 82.6 cm³/mol. The summed E-state index contributed by atoms with van der Waals surface area (Å²) in [5.74, 6) is 0.0787. The molecule has 0 unspecified atom stereocenters. The van der Waals surface area contributed by atoms with E-state index in [1.54, 1.807) is 0 Å². The quantitative estimate of drug-likeness (QED) is 0.760. The summed E-state index contributed by atoms with van der Waals surface area (Å²) < 4.78 is 2.01. The third-order valence-electron chi connectivity index (χ3n) is 3.39. The highest BCUT2D eigenvalue weighted by Gasteiger charge is 2.06. The van der Waals surface area contributed by atoms with Crippen LogP contribution < -0.4 is 10.6 Å². The second-order valence-electron chi connectivity index (χ2n) is 5.07. The number of benzene rings is 1. The SMILES string of the molecule is CCCCNC(=O)Cn1ccc2ccc(CNC)cc21. The van der Waals surface area contributed by atoms with E-state index in [1.165, 1.54) is 10.9 Å². The second-order valence-corrected chi connectivity index (χ2v) is 5.07. The molecule has 0 spiro atoms. The number of hydrogen-bond acceptors (Lipinski definition) is 2. The largest absolute Gasteiger partial charge is 0.355 e. The Balaban J connectivity index is 2.09. The smallest absolute Gasteiger partial charge is 0.239 e. The molecule has 1 heterocycles. The first kappa shape index (κ1) is 14.6. The van der Waals surface area contributed by atoms with Crippen LogP contribution in [0.3, 0.4) is 0 Å². The summed E-state index contributed by atoms with van der Waals surface area (Å²) in [6.07, 6.45) is 4.11. The van der Waals surface area contributed by atoms with Gasteiger partial charge in [0.25, 0.3) is 0 Å². The van der Waals surface area contributed by atoms with E-state index in [2.05, 4.69) is 41.8 Å². The van der Waals surface area contributed by atoms with Crippen LogP contribution in [0, 0.1) is 0 Å². The van der Waals surface area contributed by atoms with Gasteiger partial charge in [-0.05, 0) is 36.6 Å². The summed E-state index contributed by atoms with van der Waals surface area (Å²) >= 11 is 0. The standard InChI is InChI=1S/C16H23N3O/c1-3-4-8-18-16(20)12-19-9-7-14-6-5-13(11-17-2)10-15(14)19/h5-7,9-10,17H,3-4,8,11-12H2,1-2H3,(H,18,20). The number of nitrogens with one attached hydrogen (secondary N) is 2. The van der Waals surface area contributed by atoms with Crippen molar-refractivity contribution < 1.29 is 4.79 Å². The Morgan fingerprint density at radius 3 is 2.90 bits per heavy atom. The van der Waals surface area contributed by atoms with Gasteiger partial charge in [0.05, 0.1) is 0 Å². The van der Waals surface area contributed by atoms with Crippen molar-refractivity contribution in [2.45, 2.75) is 32.9 Å². The molecule has 108 valence electrons. The summed E-state index contributed by atoms with van der Waals surface area (Å²) in [6.45, 7) is 4.11. The van der Waals surface area contributed by atoms with E-state index in [0.717, 1.165) is 31.4 Å². The molecule has 4 nitrogen and oxygen atoms in total. The Hall–Kier alpha value is -1.81. The van der Waals surface area contributed by atoms with E-state index in [-0.39, 0.29) is 5.91 Å². The molecule has 2 rings (SSSR count). The number of nitrogens with zero attached hydrogens (tertiary/aromatic N) is 1. The van der Waals surface area contributed by atoms with Crippen molar-refractivity contribution in [3.8, 4) is 0 Å². The third kappa shape index (κ3) is 3.61. The van der Waals surface area contributed by atoms with E-state index in [4.69, 9.17) is 0 Å². The van der Waals surface area contributed by atoms with Gasteiger partial charge in [-0.25, -0.2) is 0 Å². The van der Waals surface area contributed by atoms with Gasteiger partial charge < -0.3 is 15.2 Å². The number of unbranched alkanes of at least 4 members (excludes halogenated alkanes) is 1. The van der Waals surface area contributed by atoms with Crippen molar-refractivity contribution in [1.29, 1.82) is 0 Å². The Morgan fingerprint density at radius 2 is 2.15 bits per heavy atom. The average Bonchev–Trinajstić information content (AvgIpc) is 2.82. The van der Waals surface area contributed by atoms with Crippen LogP contribution in [0.15, 0.2) is 30.5 Å². The van der Waals surface area contributed by atoms with Gasteiger partial charge in [-0.2, -0.15) is 0 Å². The van der Waals surface area contributed by atoms with Crippen LogP contribution in [0.1, 0.15) is 25.3 Å². The zero-order valence-corrected chi connectivity index (χ0v) is 12.3. The van der Waals surface area contributed by atoms with Gasteiger partial charge in [-0.3, -0.25) is 4.79 Å². The number of carbonyl (C=O) groups excluding carboxylic acids is 1.